The van der Waals surface area contributed by atoms with Gasteiger partial charge in [-0.25, -0.2) is 8.42 Å². The molecule has 0 bridgehead atoms. The molecular weight excluding hydrogens is 456 g/mol. The van der Waals surface area contributed by atoms with Gasteiger partial charge in [-0.05, 0) is 49.6 Å². The maximum absolute atomic E-state index is 13.5. The Kier molecular flexibility index (Phi) is 6.99. The second-order valence-electron chi connectivity index (χ2n) is 8.70. The summed E-state index contributed by atoms with van der Waals surface area (Å²) in [6.07, 6.45) is 4.17. The molecule has 9 nitrogen and oxygen atoms in total. The fourth-order valence-electron chi connectivity index (χ4n) is 4.75. The SMILES string of the molecule is CCN(CC)S(=O)(=O)c1ccc2c(c1)N(CC(=O)N(C)Cc1ccco1)C(=O)[C@@H]1CCCCN21. The number of carbonyl (C=O) groups excluding carboxylic acids is 2. The van der Waals surface area contributed by atoms with E-state index in [4.69, 9.17) is 4.42 Å². The van der Waals surface area contributed by atoms with Crippen molar-refractivity contribution in [2.24, 2.45) is 0 Å². The van der Waals surface area contributed by atoms with Crippen LogP contribution in [0.2, 0.25) is 0 Å². The summed E-state index contributed by atoms with van der Waals surface area (Å²) in [7, 11) is -2.05. The predicted octanol–water partition coefficient (Wildman–Crippen LogP) is 2.67. The third kappa shape index (κ3) is 4.44. The van der Waals surface area contributed by atoms with E-state index >= 15 is 0 Å². The largest absolute Gasteiger partial charge is 0.467 e. The molecule has 1 fully saturated rings. The highest BCUT2D eigenvalue weighted by Crippen LogP contribution is 2.41. The average molecular weight is 489 g/mol. The molecule has 0 aliphatic carbocycles. The van der Waals surface area contributed by atoms with E-state index in [1.54, 1.807) is 57.5 Å². The van der Waals surface area contributed by atoms with Crippen LogP contribution in [0.4, 0.5) is 11.4 Å². The van der Waals surface area contributed by atoms with Crippen LogP contribution in [0.25, 0.3) is 0 Å². The topological polar surface area (TPSA) is 94.4 Å². The summed E-state index contributed by atoms with van der Waals surface area (Å²) in [5.74, 6) is 0.230. The average Bonchev–Trinajstić information content (AvgIpc) is 3.35. The van der Waals surface area contributed by atoms with Crippen LogP contribution in [0.1, 0.15) is 38.9 Å². The summed E-state index contributed by atoms with van der Waals surface area (Å²) in [5, 5.41) is 0. The lowest BCUT2D eigenvalue weighted by Crippen LogP contribution is -2.57. The summed E-state index contributed by atoms with van der Waals surface area (Å²) in [6, 6.07) is 8.14. The minimum atomic E-state index is -3.71. The Hall–Kier alpha value is -2.85. The third-order valence-electron chi connectivity index (χ3n) is 6.64. The Balaban J connectivity index is 1.70. The Labute approximate surface area is 201 Å². The molecule has 1 aromatic carbocycles. The first kappa shape index (κ1) is 24.3. The molecule has 3 heterocycles. The quantitative estimate of drug-likeness (QED) is 0.567. The highest BCUT2D eigenvalue weighted by molar-refractivity contribution is 7.89. The number of rotatable bonds is 8. The lowest BCUT2D eigenvalue weighted by molar-refractivity contribution is -0.131. The van der Waals surface area contributed by atoms with Crippen LogP contribution in [0.15, 0.2) is 45.9 Å². The van der Waals surface area contributed by atoms with Crippen LogP contribution in [0, 0.1) is 0 Å². The van der Waals surface area contributed by atoms with Crippen molar-refractivity contribution < 1.29 is 22.4 Å². The fraction of sp³-hybridized carbons (Fsp3) is 0.500. The molecule has 34 heavy (non-hydrogen) atoms. The maximum Gasteiger partial charge on any atom is 0.250 e. The van der Waals surface area contributed by atoms with Crippen LogP contribution >= 0.6 is 0 Å². The molecule has 0 saturated carbocycles. The summed E-state index contributed by atoms with van der Waals surface area (Å²) >= 11 is 0. The number of piperidine rings is 1. The van der Waals surface area contributed by atoms with Crippen LogP contribution < -0.4 is 9.80 Å². The molecule has 2 aliphatic heterocycles. The van der Waals surface area contributed by atoms with Gasteiger partial charge >= 0.3 is 0 Å². The number of benzene rings is 1. The molecule has 2 amide bonds. The van der Waals surface area contributed by atoms with E-state index in [0.29, 0.717) is 31.0 Å². The van der Waals surface area contributed by atoms with Crippen LogP contribution in [0.5, 0.6) is 0 Å². The van der Waals surface area contributed by atoms with Crippen LogP contribution in [0.3, 0.4) is 0 Å². The van der Waals surface area contributed by atoms with E-state index in [9.17, 15) is 18.0 Å². The normalized spacial score (nSPS) is 18.1. The summed E-state index contributed by atoms with van der Waals surface area (Å²) < 4.78 is 33.1. The zero-order valence-corrected chi connectivity index (χ0v) is 20.8. The minimum Gasteiger partial charge on any atom is -0.467 e. The minimum absolute atomic E-state index is 0.125. The number of fused-ring (bicyclic) bond motifs is 3. The number of hydrogen-bond donors (Lipinski definition) is 0. The van der Waals surface area contributed by atoms with Crippen LogP contribution in [-0.2, 0) is 26.2 Å². The van der Waals surface area contributed by atoms with E-state index in [-0.39, 0.29) is 35.8 Å². The van der Waals surface area contributed by atoms with Gasteiger partial charge in [0, 0.05) is 26.7 Å². The number of amides is 2. The molecule has 0 spiro atoms. The standard InChI is InChI=1S/C24H32N4O5S/c1-4-26(5-2)34(31,32)19-11-12-20-22(15-19)28(24(30)21-10-6-7-13-27(20)21)17-23(29)25(3)16-18-9-8-14-33-18/h8-9,11-12,14-15,21H,4-7,10,13,16-17H2,1-3H3/t21-/m0/s1. The van der Waals surface area contributed by atoms with E-state index in [1.807, 2.05) is 0 Å². The second kappa shape index (κ2) is 9.79. The smallest absolute Gasteiger partial charge is 0.250 e. The van der Waals surface area contributed by atoms with Gasteiger partial charge in [-0.15, -0.1) is 0 Å². The number of hydrogen-bond acceptors (Lipinski definition) is 6. The monoisotopic (exact) mass is 488 g/mol. The van der Waals surface area contributed by atoms with Crippen molar-refractivity contribution in [1.29, 1.82) is 0 Å². The maximum atomic E-state index is 13.5. The lowest BCUT2D eigenvalue weighted by Gasteiger charge is -2.45. The second-order valence-corrected chi connectivity index (χ2v) is 10.6. The fourth-order valence-corrected chi connectivity index (χ4v) is 6.23. The number of sulfonamides is 1. The van der Waals surface area contributed by atoms with Gasteiger partial charge in [0.05, 0.1) is 29.1 Å². The van der Waals surface area contributed by atoms with Crippen molar-refractivity contribution in [3.8, 4) is 0 Å². The Morgan fingerprint density at radius 1 is 1.15 bits per heavy atom. The number of carbonyl (C=O) groups is 2. The van der Waals surface area contributed by atoms with Gasteiger partial charge in [0.25, 0.3) is 0 Å². The highest BCUT2D eigenvalue weighted by atomic mass is 32.2. The molecule has 0 N–H and O–H groups in total. The first-order valence-corrected chi connectivity index (χ1v) is 13.2. The molecule has 4 rings (SSSR count). The van der Waals surface area contributed by atoms with E-state index in [0.717, 1.165) is 25.1 Å². The Morgan fingerprint density at radius 2 is 1.91 bits per heavy atom. The van der Waals surface area contributed by atoms with Crippen molar-refractivity contribution in [1.82, 2.24) is 9.21 Å². The zero-order valence-electron chi connectivity index (χ0n) is 19.9. The molecule has 1 saturated heterocycles. The van der Waals surface area contributed by atoms with E-state index in [1.165, 1.54) is 14.1 Å². The van der Waals surface area contributed by atoms with Gasteiger partial charge in [-0.2, -0.15) is 4.31 Å². The highest BCUT2D eigenvalue weighted by Gasteiger charge is 2.41. The number of anilines is 2. The number of furan rings is 1. The number of likely N-dealkylation sites (N-methyl/N-ethyl adjacent to an activating group) is 1. The van der Waals surface area contributed by atoms with Gasteiger partial charge in [-0.1, -0.05) is 13.8 Å². The van der Waals surface area contributed by atoms with Gasteiger partial charge in [-0.3, -0.25) is 14.5 Å². The Morgan fingerprint density at radius 3 is 2.59 bits per heavy atom. The van der Waals surface area contributed by atoms with Crippen molar-refractivity contribution in [2.45, 2.75) is 50.6 Å². The molecular formula is C24H32N4O5S. The van der Waals surface area contributed by atoms with Crippen molar-refractivity contribution in [2.75, 3.05) is 43.0 Å². The van der Waals surface area contributed by atoms with Crippen molar-refractivity contribution in [3.05, 3.63) is 42.4 Å². The van der Waals surface area contributed by atoms with Crippen molar-refractivity contribution >= 4 is 33.2 Å². The lowest BCUT2D eigenvalue weighted by atomic mass is 9.96. The van der Waals surface area contributed by atoms with E-state index in [2.05, 4.69) is 4.90 Å². The van der Waals surface area contributed by atoms with Gasteiger partial charge in [0.2, 0.25) is 21.8 Å². The van der Waals surface area contributed by atoms with Crippen molar-refractivity contribution in [3.63, 3.8) is 0 Å². The molecule has 184 valence electrons. The summed E-state index contributed by atoms with van der Waals surface area (Å²) in [6.45, 7) is 5.13. The van der Waals surface area contributed by atoms with Gasteiger partial charge in [0.1, 0.15) is 18.3 Å². The molecule has 0 radical (unpaired) electrons. The van der Waals surface area contributed by atoms with Gasteiger partial charge in [0.15, 0.2) is 0 Å². The Bertz CT molecular complexity index is 1140. The molecule has 10 heteroatoms. The van der Waals surface area contributed by atoms with E-state index < -0.39 is 10.0 Å². The first-order chi connectivity index (χ1) is 16.3. The molecule has 0 unspecified atom stereocenters. The predicted molar refractivity (Wildman–Crippen MR) is 129 cm³/mol. The third-order valence-corrected chi connectivity index (χ3v) is 8.68. The molecule has 2 aliphatic rings. The molecule has 1 atom stereocenters. The van der Waals surface area contributed by atoms with Gasteiger partial charge < -0.3 is 14.2 Å². The van der Waals surface area contributed by atoms with Crippen LogP contribution in [-0.4, -0.2) is 68.7 Å². The molecule has 2 aromatic rings. The summed E-state index contributed by atoms with van der Waals surface area (Å²) in [5.41, 5.74) is 1.26. The molecule has 1 aromatic heterocycles. The number of nitrogens with zero attached hydrogens (tertiary/aromatic N) is 4. The summed E-state index contributed by atoms with van der Waals surface area (Å²) in [4.78, 5) is 31.8. The first-order valence-electron chi connectivity index (χ1n) is 11.8. The zero-order chi connectivity index (χ0) is 24.5.